The zero-order valence-corrected chi connectivity index (χ0v) is 13.1. The van der Waals surface area contributed by atoms with Crippen LogP contribution in [0.4, 0.5) is 5.69 Å². The lowest BCUT2D eigenvalue weighted by Gasteiger charge is -2.15. The van der Waals surface area contributed by atoms with Crippen LogP contribution < -0.4 is 10.6 Å². The van der Waals surface area contributed by atoms with Crippen LogP contribution in [0.15, 0.2) is 11.4 Å². The smallest absolute Gasteiger partial charge is 0.221 e. The van der Waals surface area contributed by atoms with E-state index >= 15 is 0 Å². The summed E-state index contributed by atoms with van der Waals surface area (Å²) in [6, 6.07) is 1.97. The minimum absolute atomic E-state index is 0.00553. The summed E-state index contributed by atoms with van der Waals surface area (Å²) in [6.07, 6.45) is 5.13. The number of hydrogen-bond donors (Lipinski definition) is 2. The van der Waals surface area contributed by atoms with Gasteiger partial charge in [0, 0.05) is 18.3 Å². The van der Waals surface area contributed by atoms with E-state index in [1.807, 2.05) is 11.4 Å². The fourth-order valence-electron chi connectivity index (χ4n) is 2.11. The van der Waals surface area contributed by atoms with Crippen molar-refractivity contribution < 1.29 is 4.79 Å². The molecule has 0 spiro atoms. The third-order valence-corrected chi connectivity index (χ3v) is 4.24. The molecule has 0 aliphatic carbocycles. The van der Waals surface area contributed by atoms with Crippen molar-refractivity contribution in [2.45, 2.75) is 53.0 Å². The predicted molar refractivity (Wildman–Crippen MR) is 83.6 cm³/mol. The van der Waals surface area contributed by atoms with Crippen molar-refractivity contribution in [2.24, 2.45) is 5.92 Å². The summed E-state index contributed by atoms with van der Waals surface area (Å²) >= 11 is 1.69. The number of thiophene rings is 1. The summed E-state index contributed by atoms with van der Waals surface area (Å²) < 4.78 is 0. The van der Waals surface area contributed by atoms with Crippen LogP contribution in [0.3, 0.4) is 0 Å². The molecule has 0 bridgehead atoms. The lowest BCUT2D eigenvalue weighted by Crippen LogP contribution is -2.22. The van der Waals surface area contributed by atoms with Gasteiger partial charge >= 0.3 is 0 Å². The van der Waals surface area contributed by atoms with Gasteiger partial charge in [-0.2, -0.15) is 0 Å². The molecule has 0 radical (unpaired) electrons. The van der Waals surface area contributed by atoms with Crippen molar-refractivity contribution in [3.05, 3.63) is 16.3 Å². The highest BCUT2D eigenvalue weighted by molar-refractivity contribution is 7.10. The van der Waals surface area contributed by atoms with E-state index in [2.05, 4.69) is 24.5 Å². The van der Waals surface area contributed by atoms with Gasteiger partial charge in [0.05, 0.1) is 5.69 Å². The molecule has 19 heavy (non-hydrogen) atoms. The van der Waals surface area contributed by atoms with Gasteiger partial charge < -0.3 is 10.6 Å². The summed E-state index contributed by atoms with van der Waals surface area (Å²) in [4.78, 5) is 12.3. The highest BCUT2D eigenvalue weighted by atomic mass is 32.1. The Bertz CT molecular complexity index is 376. The zero-order valence-electron chi connectivity index (χ0n) is 12.3. The lowest BCUT2D eigenvalue weighted by molar-refractivity contribution is -0.114. The standard InChI is InChI=1S/C15H26N2OS/c1-4-6-7-13(5-2)10-16-11-15-14(8-9-19-15)17-12(3)18/h8-9,13,16H,4-7,10-11H2,1-3H3,(H,17,18). The third kappa shape index (κ3) is 6.21. The highest BCUT2D eigenvalue weighted by Crippen LogP contribution is 2.22. The quantitative estimate of drug-likeness (QED) is 0.718. The number of rotatable bonds is 9. The Labute approximate surface area is 120 Å². The van der Waals surface area contributed by atoms with E-state index in [1.165, 1.54) is 30.6 Å². The molecule has 0 aromatic carbocycles. The molecular weight excluding hydrogens is 256 g/mol. The van der Waals surface area contributed by atoms with E-state index in [0.29, 0.717) is 0 Å². The minimum atomic E-state index is -0.00553. The SMILES string of the molecule is CCCCC(CC)CNCc1sccc1NC(C)=O. The number of hydrogen-bond acceptors (Lipinski definition) is 3. The van der Waals surface area contributed by atoms with E-state index in [9.17, 15) is 4.79 Å². The van der Waals surface area contributed by atoms with Crippen molar-refractivity contribution in [1.82, 2.24) is 5.32 Å². The van der Waals surface area contributed by atoms with Crippen molar-refractivity contribution in [3.63, 3.8) is 0 Å². The van der Waals surface area contributed by atoms with Crippen molar-refractivity contribution in [3.8, 4) is 0 Å². The van der Waals surface area contributed by atoms with Gasteiger partial charge in [-0.1, -0.05) is 33.1 Å². The van der Waals surface area contributed by atoms with Crippen molar-refractivity contribution >= 4 is 22.9 Å². The molecule has 0 aliphatic heterocycles. The molecule has 3 nitrogen and oxygen atoms in total. The van der Waals surface area contributed by atoms with Crippen molar-refractivity contribution in [1.29, 1.82) is 0 Å². The first-order valence-electron chi connectivity index (χ1n) is 7.22. The van der Waals surface area contributed by atoms with Crippen LogP contribution in [0, 0.1) is 5.92 Å². The summed E-state index contributed by atoms with van der Waals surface area (Å²) in [6.45, 7) is 7.96. The van der Waals surface area contributed by atoms with Crippen LogP contribution in [-0.2, 0) is 11.3 Å². The Morgan fingerprint density at radius 3 is 2.84 bits per heavy atom. The maximum atomic E-state index is 11.1. The van der Waals surface area contributed by atoms with Crippen LogP contribution in [-0.4, -0.2) is 12.5 Å². The largest absolute Gasteiger partial charge is 0.325 e. The Morgan fingerprint density at radius 2 is 2.21 bits per heavy atom. The molecule has 2 N–H and O–H groups in total. The Hall–Kier alpha value is -0.870. The second-order valence-electron chi connectivity index (χ2n) is 4.99. The van der Waals surface area contributed by atoms with Gasteiger partial charge in [0.15, 0.2) is 0 Å². The molecule has 0 saturated heterocycles. The molecule has 1 aromatic heterocycles. The molecule has 4 heteroatoms. The summed E-state index contributed by atoms with van der Waals surface area (Å²) in [5.41, 5.74) is 0.951. The molecule has 108 valence electrons. The fraction of sp³-hybridized carbons (Fsp3) is 0.667. The number of unbranched alkanes of at least 4 members (excludes halogenated alkanes) is 1. The maximum Gasteiger partial charge on any atom is 0.221 e. The summed E-state index contributed by atoms with van der Waals surface area (Å²) in [5.74, 6) is 0.762. The molecule has 0 saturated carbocycles. The molecule has 1 aromatic rings. The topological polar surface area (TPSA) is 41.1 Å². The van der Waals surface area contributed by atoms with Crippen LogP contribution in [0.2, 0.25) is 0 Å². The van der Waals surface area contributed by atoms with Gasteiger partial charge in [0.2, 0.25) is 5.91 Å². The average Bonchev–Trinajstić information content (AvgIpc) is 2.80. The van der Waals surface area contributed by atoms with Gasteiger partial charge in [0.1, 0.15) is 0 Å². The zero-order chi connectivity index (χ0) is 14.1. The Morgan fingerprint density at radius 1 is 1.42 bits per heavy atom. The molecule has 0 aliphatic rings. The molecule has 1 atom stereocenters. The Balaban J connectivity index is 2.35. The molecule has 0 fully saturated rings. The number of nitrogens with one attached hydrogen (secondary N) is 2. The maximum absolute atomic E-state index is 11.1. The van der Waals surface area contributed by atoms with Gasteiger partial charge in [-0.15, -0.1) is 11.3 Å². The number of anilines is 1. The van der Waals surface area contributed by atoms with E-state index < -0.39 is 0 Å². The molecule has 1 amide bonds. The van der Waals surface area contributed by atoms with Crippen molar-refractivity contribution in [2.75, 3.05) is 11.9 Å². The van der Waals surface area contributed by atoms with Crippen LogP contribution >= 0.6 is 11.3 Å². The second kappa shape index (κ2) is 9.10. The van der Waals surface area contributed by atoms with Crippen LogP contribution in [0.1, 0.15) is 51.3 Å². The van der Waals surface area contributed by atoms with Gasteiger partial charge in [0.25, 0.3) is 0 Å². The van der Waals surface area contributed by atoms with E-state index in [-0.39, 0.29) is 5.91 Å². The molecular formula is C15H26N2OS. The van der Waals surface area contributed by atoms with Gasteiger partial charge in [-0.25, -0.2) is 0 Å². The first-order valence-corrected chi connectivity index (χ1v) is 8.10. The van der Waals surface area contributed by atoms with E-state index in [1.54, 1.807) is 18.3 Å². The van der Waals surface area contributed by atoms with E-state index in [4.69, 9.17) is 0 Å². The summed E-state index contributed by atoms with van der Waals surface area (Å²) in [5, 5.41) is 8.42. The average molecular weight is 282 g/mol. The first-order chi connectivity index (χ1) is 9.17. The van der Waals surface area contributed by atoms with Gasteiger partial charge in [-0.3, -0.25) is 4.79 Å². The normalized spacial score (nSPS) is 12.4. The molecule has 1 heterocycles. The Kier molecular flexibility index (Phi) is 7.75. The lowest BCUT2D eigenvalue weighted by atomic mass is 9.99. The second-order valence-corrected chi connectivity index (χ2v) is 5.99. The van der Waals surface area contributed by atoms with Crippen LogP contribution in [0.5, 0.6) is 0 Å². The first kappa shape index (κ1) is 16.2. The highest BCUT2D eigenvalue weighted by Gasteiger charge is 2.08. The number of carbonyl (C=O) groups excluding carboxylic acids is 1. The third-order valence-electron chi connectivity index (χ3n) is 3.32. The number of carbonyl (C=O) groups is 1. The minimum Gasteiger partial charge on any atom is -0.325 e. The molecule has 1 rings (SSSR count). The van der Waals surface area contributed by atoms with Gasteiger partial charge in [-0.05, 0) is 30.3 Å². The van der Waals surface area contributed by atoms with E-state index in [0.717, 1.165) is 24.7 Å². The molecule has 1 unspecified atom stereocenters. The fourth-order valence-corrected chi connectivity index (χ4v) is 2.91. The predicted octanol–water partition coefficient (Wildman–Crippen LogP) is 4.01. The monoisotopic (exact) mass is 282 g/mol. The number of amides is 1. The summed E-state index contributed by atoms with van der Waals surface area (Å²) in [7, 11) is 0. The van der Waals surface area contributed by atoms with Crippen LogP contribution in [0.25, 0.3) is 0 Å².